The normalized spacial score (nSPS) is 18.1. The second kappa shape index (κ2) is 5.05. The summed E-state index contributed by atoms with van der Waals surface area (Å²) in [6.07, 6.45) is 4.05. The number of hydrogen-bond donors (Lipinski definition) is 1. The number of benzene rings is 2. The Morgan fingerprint density at radius 2 is 1.91 bits per heavy atom. The molecule has 0 radical (unpaired) electrons. The molecule has 23 heavy (non-hydrogen) atoms. The summed E-state index contributed by atoms with van der Waals surface area (Å²) >= 11 is 0. The molecule has 4 rings (SSSR count). The number of hydrogen-bond acceptors (Lipinski definition) is 3. The van der Waals surface area contributed by atoms with Crippen LogP contribution in [0.1, 0.15) is 37.0 Å². The van der Waals surface area contributed by atoms with Gasteiger partial charge >= 0.3 is 0 Å². The Labute approximate surface area is 136 Å². The van der Waals surface area contributed by atoms with Gasteiger partial charge in [0.2, 0.25) is 0 Å². The number of phenolic OH excluding ortho intramolecular Hbond substituents is 1. The van der Waals surface area contributed by atoms with Crippen molar-refractivity contribution in [3.63, 3.8) is 0 Å². The predicted octanol–water partition coefficient (Wildman–Crippen LogP) is 4.43. The van der Waals surface area contributed by atoms with Gasteiger partial charge in [0, 0.05) is 22.3 Å². The van der Waals surface area contributed by atoms with Crippen LogP contribution in [0.25, 0.3) is 11.6 Å². The summed E-state index contributed by atoms with van der Waals surface area (Å²) in [5.74, 6) is 2.14. The van der Waals surface area contributed by atoms with Crippen LogP contribution < -0.4 is 9.47 Å². The van der Waals surface area contributed by atoms with Gasteiger partial charge in [-0.3, -0.25) is 0 Å². The molecule has 0 saturated carbocycles. The fourth-order valence-corrected chi connectivity index (χ4v) is 3.30. The Balaban J connectivity index is 1.76. The molecule has 3 nitrogen and oxygen atoms in total. The second-order valence-corrected chi connectivity index (χ2v) is 6.80. The molecule has 2 aromatic rings. The van der Waals surface area contributed by atoms with E-state index in [2.05, 4.69) is 19.9 Å². The second-order valence-electron chi connectivity index (χ2n) is 6.80. The lowest BCUT2D eigenvalue weighted by Crippen LogP contribution is -2.33. The van der Waals surface area contributed by atoms with Crippen molar-refractivity contribution in [1.29, 1.82) is 0 Å². The maximum absolute atomic E-state index is 10.0. The van der Waals surface area contributed by atoms with E-state index >= 15 is 0 Å². The molecule has 2 aromatic carbocycles. The lowest BCUT2D eigenvalue weighted by Gasteiger charge is -2.34. The van der Waals surface area contributed by atoms with Crippen LogP contribution >= 0.6 is 0 Å². The first-order chi connectivity index (χ1) is 11.0. The van der Waals surface area contributed by atoms with Crippen LogP contribution in [0.4, 0.5) is 0 Å². The Bertz CT molecular complexity index is 803. The van der Waals surface area contributed by atoms with E-state index in [0.29, 0.717) is 6.61 Å². The summed E-state index contributed by atoms with van der Waals surface area (Å²) in [6, 6.07) is 11.4. The zero-order valence-corrected chi connectivity index (χ0v) is 13.4. The first-order valence-electron chi connectivity index (χ1n) is 8.00. The number of phenols is 1. The molecule has 0 spiro atoms. The molecular formula is C20H20O3. The van der Waals surface area contributed by atoms with E-state index in [9.17, 15) is 5.11 Å². The van der Waals surface area contributed by atoms with Crippen molar-refractivity contribution in [2.75, 3.05) is 6.61 Å². The van der Waals surface area contributed by atoms with E-state index in [1.54, 1.807) is 6.07 Å². The number of ether oxygens (including phenoxy) is 2. The van der Waals surface area contributed by atoms with Gasteiger partial charge in [0.15, 0.2) is 0 Å². The minimum atomic E-state index is -0.118. The third-order valence-electron chi connectivity index (χ3n) is 4.56. The van der Waals surface area contributed by atoms with Crippen molar-refractivity contribution in [1.82, 2.24) is 0 Å². The molecule has 0 bridgehead atoms. The van der Waals surface area contributed by atoms with Crippen LogP contribution in [0.2, 0.25) is 0 Å². The van der Waals surface area contributed by atoms with E-state index < -0.39 is 0 Å². The van der Waals surface area contributed by atoms with Gasteiger partial charge in [-0.25, -0.2) is 0 Å². The highest BCUT2D eigenvalue weighted by atomic mass is 16.5. The summed E-state index contributed by atoms with van der Waals surface area (Å²) in [4.78, 5) is 0. The number of para-hydroxylation sites is 1. The van der Waals surface area contributed by atoms with E-state index in [1.807, 2.05) is 30.3 Å². The van der Waals surface area contributed by atoms with E-state index in [4.69, 9.17) is 9.47 Å². The van der Waals surface area contributed by atoms with Crippen LogP contribution in [-0.2, 0) is 6.42 Å². The molecule has 1 N–H and O–H groups in total. The summed E-state index contributed by atoms with van der Waals surface area (Å²) in [5.41, 5.74) is 3.92. The predicted molar refractivity (Wildman–Crippen MR) is 90.9 cm³/mol. The SMILES string of the molecule is CC1(C)CCc2c(ccc3c2OCC(c2ccccc2O)=C3)O1. The van der Waals surface area contributed by atoms with Crippen LogP contribution in [0.3, 0.4) is 0 Å². The minimum absolute atomic E-state index is 0.118. The van der Waals surface area contributed by atoms with Gasteiger partial charge in [0.05, 0.1) is 0 Å². The highest BCUT2D eigenvalue weighted by Gasteiger charge is 2.30. The quantitative estimate of drug-likeness (QED) is 0.847. The monoisotopic (exact) mass is 308 g/mol. The van der Waals surface area contributed by atoms with Crippen LogP contribution in [-0.4, -0.2) is 17.3 Å². The zero-order chi connectivity index (χ0) is 16.0. The zero-order valence-electron chi connectivity index (χ0n) is 13.4. The first kappa shape index (κ1) is 14.2. The molecule has 2 heterocycles. The molecule has 0 aliphatic carbocycles. The molecule has 2 aliphatic heterocycles. The smallest absolute Gasteiger partial charge is 0.133 e. The van der Waals surface area contributed by atoms with Gasteiger partial charge in [-0.2, -0.15) is 0 Å². The lowest BCUT2D eigenvalue weighted by molar-refractivity contribution is 0.0834. The van der Waals surface area contributed by atoms with E-state index in [1.165, 1.54) is 0 Å². The third-order valence-corrected chi connectivity index (χ3v) is 4.56. The molecule has 0 saturated heterocycles. The third kappa shape index (κ3) is 2.46. The molecule has 118 valence electrons. The average molecular weight is 308 g/mol. The number of rotatable bonds is 1. The molecule has 0 unspecified atom stereocenters. The fourth-order valence-electron chi connectivity index (χ4n) is 3.30. The molecule has 0 amide bonds. The summed E-state index contributed by atoms with van der Waals surface area (Å²) in [7, 11) is 0. The number of fused-ring (bicyclic) bond motifs is 3. The van der Waals surface area contributed by atoms with Gasteiger partial charge in [-0.15, -0.1) is 0 Å². The van der Waals surface area contributed by atoms with E-state index in [0.717, 1.165) is 46.6 Å². The Morgan fingerprint density at radius 3 is 2.74 bits per heavy atom. The molecular weight excluding hydrogens is 288 g/mol. The minimum Gasteiger partial charge on any atom is -0.507 e. The van der Waals surface area contributed by atoms with Gasteiger partial charge < -0.3 is 14.6 Å². The van der Waals surface area contributed by atoms with Crippen LogP contribution in [0.5, 0.6) is 17.2 Å². The van der Waals surface area contributed by atoms with Crippen LogP contribution in [0, 0.1) is 0 Å². The highest BCUT2D eigenvalue weighted by molar-refractivity contribution is 5.88. The Kier molecular flexibility index (Phi) is 3.12. The standard InChI is InChI=1S/C20H20O3/c1-20(2)10-9-16-18(23-20)8-7-13-11-14(12-22-19(13)16)15-5-3-4-6-17(15)21/h3-8,11,21H,9-10,12H2,1-2H3. The van der Waals surface area contributed by atoms with Crippen LogP contribution in [0.15, 0.2) is 36.4 Å². The van der Waals surface area contributed by atoms with Gasteiger partial charge in [0.25, 0.3) is 0 Å². The number of aromatic hydroxyl groups is 1. The molecule has 0 atom stereocenters. The van der Waals surface area contributed by atoms with Gasteiger partial charge in [-0.05, 0) is 51.0 Å². The summed E-state index contributed by atoms with van der Waals surface area (Å²) in [5, 5.41) is 10.0. The summed E-state index contributed by atoms with van der Waals surface area (Å²) < 4.78 is 12.1. The summed E-state index contributed by atoms with van der Waals surface area (Å²) in [6.45, 7) is 4.70. The first-order valence-corrected chi connectivity index (χ1v) is 8.00. The maximum atomic E-state index is 10.0. The van der Waals surface area contributed by atoms with E-state index in [-0.39, 0.29) is 11.4 Å². The Morgan fingerprint density at radius 1 is 1.09 bits per heavy atom. The molecule has 3 heteroatoms. The van der Waals surface area contributed by atoms with Crippen molar-refractivity contribution < 1.29 is 14.6 Å². The van der Waals surface area contributed by atoms with Crippen molar-refractivity contribution in [2.45, 2.75) is 32.3 Å². The lowest BCUT2D eigenvalue weighted by atomic mass is 9.91. The fraction of sp³-hybridized carbons (Fsp3) is 0.300. The average Bonchev–Trinajstić information content (AvgIpc) is 2.53. The van der Waals surface area contributed by atoms with Crippen molar-refractivity contribution in [2.24, 2.45) is 0 Å². The largest absolute Gasteiger partial charge is 0.507 e. The van der Waals surface area contributed by atoms with Crippen molar-refractivity contribution in [3.05, 3.63) is 53.1 Å². The Hall–Kier alpha value is -2.42. The van der Waals surface area contributed by atoms with Crippen molar-refractivity contribution in [3.8, 4) is 17.2 Å². The van der Waals surface area contributed by atoms with Gasteiger partial charge in [0.1, 0.15) is 29.5 Å². The molecule has 2 aliphatic rings. The molecule has 0 aromatic heterocycles. The maximum Gasteiger partial charge on any atom is 0.133 e. The van der Waals surface area contributed by atoms with Crippen molar-refractivity contribution >= 4 is 11.6 Å². The van der Waals surface area contributed by atoms with Gasteiger partial charge in [-0.1, -0.05) is 18.2 Å². The highest BCUT2D eigenvalue weighted by Crippen LogP contribution is 2.43. The topological polar surface area (TPSA) is 38.7 Å². The molecule has 0 fully saturated rings.